The van der Waals surface area contributed by atoms with Gasteiger partial charge in [0.2, 0.25) is 5.69 Å². The van der Waals surface area contributed by atoms with Crippen molar-refractivity contribution in [2.75, 3.05) is 0 Å². The molecule has 1 aromatic heterocycles. The number of aromatic nitrogens is 1. The highest BCUT2D eigenvalue weighted by Gasteiger charge is 2.08. The van der Waals surface area contributed by atoms with Crippen molar-refractivity contribution in [3.63, 3.8) is 0 Å². The molecule has 0 spiro atoms. The van der Waals surface area contributed by atoms with Gasteiger partial charge in [-0.3, -0.25) is 0 Å². The third-order valence-electron chi connectivity index (χ3n) is 1.67. The van der Waals surface area contributed by atoms with Crippen molar-refractivity contribution in [1.29, 1.82) is 0 Å². The molecule has 0 aromatic carbocycles. The van der Waals surface area contributed by atoms with Crippen molar-refractivity contribution >= 4 is 23.2 Å². The maximum absolute atomic E-state index is 11.2. The average molecular weight is 206 g/mol. The third-order valence-corrected chi connectivity index (χ3v) is 2.30. The number of halogens is 2. The zero-order valence-corrected chi connectivity index (χ0v) is 8.19. The van der Waals surface area contributed by atoms with Gasteiger partial charge in [-0.15, -0.1) is 11.6 Å². The summed E-state index contributed by atoms with van der Waals surface area (Å²) in [5.41, 5.74) is 1.33. The maximum Gasteiger partial charge on any atom is 0.209 e. The Balaban J connectivity index is 3.16. The summed E-state index contributed by atoms with van der Waals surface area (Å²) in [6.07, 6.45) is 2.23. The first-order valence-electron chi connectivity index (χ1n) is 3.65. The summed E-state index contributed by atoms with van der Waals surface area (Å²) < 4.78 is 0.762. The lowest BCUT2D eigenvalue weighted by molar-refractivity contribution is -0.613. The van der Waals surface area contributed by atoms with Crippen LogP contribution in [0.1, 0.15) is 18.2 Å². The first-order valence-corrected chi connectivity index (χ1v) is 4.56. The summed E-state index contributed by atoms with van der Waals surface area (Å²) in [6.45, 7) is 1.95. The monoisotopic (exact) mass is 205 g/mol. The van der Waals surface area contributed by atoms with Gasteiger partial charge in [-0.2, -0.15) is 4.73 Å². The number of aryl methyl sites for hydroxylation is 1. The molecule has 0 atom stereocenters. The molecule has 0 radical (unpaired) electrons. The molecule has 0 bridgehead atoms. The van der Waals surface area contributed by atoms with Crippen molar-refractivity contribution < 1.29 is 4.73 Å². The van der Waals surface area contributed by atoms with Crippen LogP contribution in [0.15, 0.2) is 12.3 Å². The van der Waals surface area contributed by atoms with Crippen LogP contribution in [0.4, 0.5) is 0 Å². The van der Waals surface area contributed by atoms with Crippen molar-refractivity contribution in [2.24, 2.45) is 0 Å². The second-order valence-electron chi connectivity index (χ2n) is 2.45. The van der Waals surface area contributed by atoms with Crippen LogP contribution in [0.5, 0.6) is 0 Å². The van der Waals surface area contributed by atoms with Gasteiger partial charge >= 0.3 is 0 Å². The highest BCUT2D eigenvalue weighted by Crippen LogP contribution is 2.15. The smallest absolute Gasteiger partial charge is 0.209 e. The van der Waals surface area contributed by atoms with Gasteiger partial charge in [0.1, 0.15) is 5.88 Å². The number of nitrogens with zero attached hydrogens (tertiary/aromatic N) is 1. The fraction of sp³-hybridized carbons (Fsp3) is 0.375. The summed E-state index contributed by atoms with van der Waals surface area (Å²) in [5, 5.41) is 11.8. The quantitative estimate of drug-likeness (QED) is 0.414. The van der Waals surface area contributed by atoms with Crippen LogP contribution < -0.4 is 4.73 Å². The molecule has 0 fully saturated rings. The van der Waals surface area contributed by atoms with Gasteiger partial charge < -0.3 is 5.21 Å². The van der Waals surface area contributed by atoms with E-state index >= 15 is 0 Å². The number of hydrogen-bond donors (Lipinski definition) is 0. The molecule has 1 rings (SSSR count). The Morgan fingerprint density at radius 2 is 2.25 bits per heavy atom. The number of rotatable bonds is 2. The number of alkyl halides is 1. The van der Waals surface area contributed by atoms with Crippen LogP contribution in [-0.2, 0) is 12.3 Å². The van der Waals surface area contributed by atoms with E-state index < -0.39 is 0 Å². The number of hydrogen-bond acceptors (Lipinski definition) is 1. The van der Waals surface area contributed by atoms with Gasteiger partial charge in [0.05, 0.1) is 5.02 Å². The molecule has 0 N–H and O–H groups in total. The fourth-order valence-corrected chi connectivity index (χ4v) is 1.45. The van der Waals surface area contributed by atoms with Crippen LogP contribution in [0.25, 0.3) is 0 Å². The minimum absolute atomic E-state index is 0.188. The lowest BCUT2D eigenvalue weighted by atomic mass is 10.2. The van der Waals surface area contributed by atoms with Gasteiger partial charge in [0.15, 0.2) is 6.20 Å². The molecule has 0 saturated carbocycles. The van der Waals surface area contributed by atoms with E-state index in [4.69, 9.17) is 23.2 Å². The Morgan fingerprint density at radius 3 is 2.75 bits per heavy atom. The Labute approximate surface area is 81.3 Å². The summed E-state index contributed by atoms with van der Waals surface area (Å²) in [6, 6.07) is 1.61. The molecule has 2 nitrogen and oxygen atoms in total. The Kier molecular flexibility index (Phi) is 3.18. The molecular weight excluding hydrogens is 197 g/mol. The van der Waals surface area contributed by atoms with Gasteiger partial charge in [-0.05, 0) is 6.42 Å². The maximum atomic E-state index is 11.2. The van der Waals surface area contributed by atoms with Crippen molar-refractivity contribution in [3.8, 4) is 0 Å². The molecule has 1 aromatic rings. The van der Waals surface area contributed by atoms with E-state index in [1.165, 1.54) is 6.20 Å². The zero-order chi connectivity index (χ0) is 9.14. The predicted molar refractivity (Wildman–Crippen MR) is 49.3 cm³/mol. The minimum atomic E-state index is 0.188. The molecule has 0 aliphatic heterocycles. The summed E-state index contributed by atoms with van der Waals surface area (Å²) >= 11 is 11.4. The van der Waals surface area contributed by atoms with Crippen LogP contribution in [-0.4, -0.2) is 0 Å². The fourth-order valence-electron chi connectivity index (χ4n) is 0.946. The minimum Gasteiger partial charge on any atom is -0.618 e. The molecule has 0 amide bonds. The Hall–Kier alpha value is -0.470. The second kappa shape index (κ2) is 3.97. The molecule has 4 heteroatoms. The molecule has 0 unspecified atom stereocenters. The van der Waals surface area contributed by atoms with E-state index in [-0.39, 0.29) is 5.88 Å². The van der Waals surface area contributed by atoms with E-state index in [1.807, 2.05) is 6.92 Å². The SMILES string of the molecule is CCc1c[n+]([O-])c(CCl)cc1Cl. The lowest BCUT2D eigenvalue weighted by Gasteiger charge is -2.04. The van der Waals surface area contributed by atoms with Gasteiger partial charge in [-0.1, -0.05) is 18.5 Å². The number of pyridine rings is 1. The largest absolute Gasteiger partial charge is 0.618 e. The van der Waals surface area contributed by atoms with Gasteiger partial charge in [0.25, 0.3) is 0 Å². The van der Waals surface area contributed by atoms with Crippen LogP contribution >= 0.6 is 23.2 Å². The molecule has 0 saturated heterocycles. The summed E-state index contributed by atoms with van der Waals surface area (Å²) in [7, 11) is 0. The van der Waals surface area contributed by atoms with Crippen LogP contribution in [0.3, 0.4) is 0 Å². The standard InChI is InChI=1S/C8H9Cl2NO/c1-2-6-5-11(12)7(4-9)3-8(6)10/h3,5H,2,4H2,1H3. The summed E-state index contributed by atoms with van der Waals surface area (Å²) in [5.74, 6) is 0.188. The van der Waals surface area contributed by atoms with Crippen molar-refractivity contribution in [1.82, 2.24) is 0 Å². The second-order valence-corrected chi connectivity index (χ2v) is 3.13. The third kappa shape index (κ3) is 1.82. The molecule has 12 heavy (non-hydrogen) atoms. The Bertz CT molecular complexity index is 259. The average Bonchev–Trinajstić information content (AvgIpc) is 2.08. The predicted octanol–water partition coefficient (Wildman–Crippen LogP) is 2.27. The van der Waals surface area contributed by atoms with E-state index in [0.717, 1.165) is 16.7 Å². The Morgan fingerprint density at radius 1 is 1.58 bits per heavy atom. The molecular formula is C8H9Cl2NO. The van der Waals surface area contributed by atoms with E-state index in [9.17, 15) is 5.21 Å². The van der Waals surface area contributed by atoms with Crippen LogP contribution in [0, 0.1) is 5.21 Å². The molecule has 0 aliphatic rings. The normalized spacial score (nSPS) is 10.2. The van der Waals surface area contributed by atoms with Gasteiger partial charge in [-0.25, -0.2) is 0 Å². The molecule has 66 valence electrons. The van der Waals surface area contributed by atoms with Crippen molar-refractivity contribution in [3.05, 3.63) is 33.8 Å². The van der Waals surface area contributed by atoms with E-state index in [0.29, 0.717) is 10.7 Å². The van der Waals surface area contributed by atoms with Crippen molar-refractivity contribution in [2.45, 2.75) is 19.2 Å². The van der Waals surface area contributed by atoms with E-state index in [2.05, 4.69) is 0 Å². The first kappa shape index (κ1) is 9.62. The molecule has 1 heterocycles. The highest BCUT2D eigenvalue weighted by atomic mass is 35.5. The first-order chi connectivity index (χ1) is 5.69. The van der Waals surface area contributed by atoms with E-state index in [1.54, 1.807) is 6.07 Å². The molecule has 0 aliphatic carbocycles. The summed E-state index contributed by atoms with van der Waals surface area (Å²) in [4.78, 5) is 0. The van der Waals surface area contributed by atoms with Gasteiger partial charge in [0, 0.05) is 11.6 Å². The van der Waals surface area contributed by atoms with Crippen LogP contribution in [0.2, 0.25) is 5.02 Å². The topological polar surface area (TPSA) is 26.9 Å². The lowest BCUT2D eigenvalue weighted by Crippen LogP contribution is -2.31. The highest BCUT2D eigenvalue weighted by molar-refractivity contribution is 6.31. The zero-order valence-electron chi connectivity index (χ0n) is 6.68.